The lowest BCUT2D eigenvalue weighted by molar-refractivity contribution is 0.188. The number of aromatic hydroxyl groups is 1. The van der Waals surface area contributed by atoms with Gasteiger partial charge in [0.1, 0.15) is 29.5 Å². The number of benzene rings is 2. The molecule has 0 amide bonds. The second kappa shape index (κ2) is 10.2. The molecule has 3 atom stereocenters. The lowest BCUT2D eigenvalue weighted by Crippen LogP contribution is -2.61. The number of ether oxygens (including phenoxy) is 1. The first kappa shape index (κ1) is 23.8. The Morgan fingerprint density at radius 1 is 1.24 bits per heavy atom. The third kappa shape index (κ3) is 4.47. The number of hydrogen-bond donors (Lipinski definition) is 2. The topological polar surface area (TPSA) is 109 Å². The van der Waals surface area contributed by atoms with E-state index in [-0.39, 0.29) is 35.0 Å². The monoisotopic (exact) mass is 561 g/mol. The highest BCUT2D eigenvalue weighted by molar-refractivity contribution is 5.95. The van der Waals surface area contributed by atoms with Crippen LogP contribution in [0.2, 0.25) is 0 Å². The molecule has 0 spiro atoms. The zero-order valence-corrected chi connectivity index (χ0v) is 23.1. The molecule has 4 aliphatic heterocycles. The maximum Gasteiger partial charge on any atom is 0.319 e. The van der Waals surface area contributed by atoms with Gasteiger partial charge in [-0.1, -0.05) is 13.0 Å². The first-order valence-corrected chi connectivity index (χ1v) is 14.3. The third-order valence-corrected chi connectivity index (χ3v) is 8.74. The third-order valence-electron chi connectivity index (χ3n) is 8.74. The van der Waals surface area contributed by atoms with Crippen LogP contribution in [0.15, 0.2) is 35.3 Å². The molecule has 0 saturated carbocycles. The molecule has 4 fully saturated rings. The molecule has 214 valence electrons. The number of nitrogens with one attached hydrogen (secondary N) is 1. The highest BCUT2D eigenvalue weighted by Crippen LogP contribution is 2.34. The molecular formula is C30H34FN7O3. The fraction of sp³-hybridized carbons (Fsp3) is 0.467. The van der Waals surface area contributed by atoms with E-state index in [2.05, 4.69) is 20.3 Å². The Hall–Kier alpha value is -3.83. The average molecular weight is 562 g/mol. The lowest BCUT2D eigenvalue weighted by atomic mass is 9.93. The summed E-state index contributed by atoms with van der Waals surface area (Å²) in [5, 5.41) is 20.0. The smallest absolute Gasteiger partial charge is 0.319 e. The minimum absolute atomic E-state index is 0.00549. The van der Waals surface area contributed by atoms with Gasteiger partial charge in [-0.2, -0.15) is 19.7 Å². The molecule has 10 nitrogen and oxygen atoms in total. The summed E-state index contributed by atoms with van der Waals surface area (Å²) < 4.78 is 39.4. The number of halogens is 1. The largest absolute Gasteiger partial charge is 0.508 e. The van der Waals surface area contributed by atoms with E-state index >= 15 is 0 Å². The lowest BCUT2D eigenvalue weighted by Gasteiger charge is -2.46. The maximum absolute atomic E-state index is 14.9. The molecule has 6 heterocycles. The first-order valence-electron chi connectivity index (χ1n) is 15.3. The van der Waals surface area contributed by atoms with E-state index in [0.717, 1.165) is 37.0 Å². The summed E-state index contributed by atoms with van der Waals surface area (Å²) in [6.07, 6.45) is 5.36. The number of phenolic OH excluding ortho intramolecular Hbond substituents is 1. The van der Waals surface area contributed by atoms with Crippen LogP contribution in [0.1, 0.15) is 40.9 Å². The molecule has 2 N–H and O–H groups in total. The van der Waals surface area contributed by atoms with Crippen molar-refractivity contribution in [2.24, 2.45) is 0 Å². The summed E-state index contributed by atoms with van der Waals surface area (Å²) >= 11 is 0. The van der Waals surface area contributed by atoms with Crippen molar-refractivity contribution in [3.05, 3.63) is 52.2 Å². The summed E-state index contributed by atoms with van der Waals surface area (Å²) in [7, 11) is 1.86. The Kier molecular flexibility index (Phi) is 5.94. The van der Waals surface area contributed by atoms with Crippen LogP contribution in [-0.2, 0) is 6.42 Å². The normalized spacial score (nSPS) is 23.8. The van der Waals surface area contributed by atoms with Gasteiger partial charge < -0.3 is 25.0 Å². The van der Waals surface area contributed by atoms with E-state index in [1.54, 1.807) is 6.07 Å². The second-order valence-corrected chi connectivity index (χ2v) is 11.2. The van der Waals surface area contributed by atoms with Crippen molar-refractivity contribution in [1.29, 1.82) is 0 Å². The quantitative estimate of drug-likeness (QED) is 0.367. The van der Waals surface area contributed by atoms with Gasteiger partial charge in [-0.25, -0.2) is 4.39 Å². The van der Waals surface area contributed by atoms with Crippen LogP contribution in [0.25, 0.3) is 27.4 Å². The minimum Gasteiger partial charge on any atom is -0.508 e. The van der Waals surface area contributed by atoms with Crippen molar-refractivity contribution >= 4 is 27.5 Å². The van der Waals surface area contributed by atoms with Crippen molar-refractivity contribution in [2.75, 3.05) is 38.1 Å². The van der Waals surface area contributed by atoms with Crippen molar-refractivity contribution in [1.82, 2.24) is 30.0 Å². The van der Waals surface area contributed by atoms with Gasteiger partial charge >= 0.3 is 6.01 Å². The number of hydrogen-bond acceptors (Lipinski definition) is 9. The van der Waals surface area contributed by atoms with E-state index in [0.29, 0.717) is 46.9 Å². The SMILES string of the molecule is [2H]C([2H])(Oc1nc(N2CC3CCC2CN3)c2cnn(-c3cc(O)cc4ccc(F)c(CC)c34)c(=O)c2n1)[C@@H]1CCCN1C. The Balaban J connectivity index is 1.43. The van der Waals surface area contributed by atoms with Crippen LogP contribution in [0.5, 0.6) is 11.8 Å². The van der Waals surface area contributed by atoms with Gasteiger partial charge in [-0.15, -0.1) is 0 Å². The predicted octanol–water partition coefficient (Wildman–Crippen LogP) is 3.15. The van der Waals surface area contributed by atoms with Crippen LogP contribution in [0, 0.1) is 5.82 Å². The number of aromatic nitrogens is 4. The Morgan fingerprint density at radius 3 is 2.83 bits per heavy atom. The number of aryl methyl sites for hydroxylation is 1. The number of likely N-dealkylation sites (N-methyl/N-ethyl adjacent to an activating group) is 1. The van der Waals surface area contributed by atoms with Crippen LogP contribution >= 0.6 is 0 Å². The highest BCUT2D eigenvalue weighted by Gasteiger charge is 2.36. The number of likely N-dealkylation sites (tertiary alicyclic amines) is 1. The summed E-state index contributed by atoms with van der Waals surface area (Å²) in [4.78, 5) is 27.5. The molecule has 2 unspecified atom stereocenters. The molecule has 2 aromatic heterocycles. The molecule has 2 aromatic carbocycles. The summed E-state index contributed by atoms with van der Waals surface area (Å²) in [6, 6.07) is 5.53. The zero-order chi connectivity index (χ0) is 30.0. The van der Waals surface area contributed by atoms with Crippen LogP contribution in [0.3, 0.4) is 0 Å². The van der Waals surface area contributed by atoms with Gasteiger partial charge in [0, 0.05) is 42.7 Å². The molecule has 11 heteroatoms. The number of nitrogens with zero attached hydrogens (tertiary/aromatic N) is 6. The fourth-order valence-corrected chi connectivity index (χ4v) is 6.56. The number of phenols is 1. The van der Waals surface area contributed by atoms with Gasteiger partial charge in [0.05, 0.1) is 20.0 Å². The van der Waals surface area contributed by atoms with Gasteiger partial charge in [0.15, 0.2) is 0 Å². The van der Waals surface area contributed by atoms with Gasteiger partial charge in [0.2, 0.25) is 0 Å². The fourth-order valence-electron chi connectivity index (χ4n) is 6.56. The molecule has 4 saturated heterocycles. The minimum atomic E-state index is -2.10. The summed E-state index contributed by atoms with van der Waals surface area (Å²) in [5.41, 5.74) is 0.0263. The first-order chi connectivity index (χ1) is 20.6. The van der Waals surface area contributed by atoms with Gasteiger partial charge in [-0.05, 0) is 68.8 Å². The second-order valence-electron chi connectivity index (χ2n) is 11.2. The van der Waals surface area contributed by atoms with E-state index in [1.165, 1.54) is 24.4 Å². The molecule has 2 bridgehead atoms. The molecule has 41 heavy (non-hydrogen) atoms. The van der Waals surface area contributed by atoms with E-state index in [4.69, 9.17) is 12.5 Å². The number of rotatable bonds is 6. The van der Waals surface area contributed by atoms with Crippen molar-refractivity contribution in [3.63, 3.8) is 0 Å². The van der Waals surface area contributed by atoms with Gasteiger partial charge in [-0.3, -0.25) is 4.79 Å². The maximum atomic E-state index is 14.9. The highest BCUT2D eigenvalue weighted by atomic mass is 19.1. The Labute approximate surface area is 239 Å². The predicted molar refractivity (Wildman–Crippen MR) is 155 cm³/mol. The van der Waals surface area contributed by atoms with Crippen LogP contribution in [0.4, 0.5) is 10.2 Å². The van der Waals surface area contributed by atoms with Gasteiger partial charge in [0.25, 0.3) is 5.56 Å². The van der Waals surface area contributed by atoms with Crippen molar-refractivity contribution in [3.8, 4) is 17.4 Å². The van der Waals surface area contributed by atoms with Crippen molar-refractivity contribution < 1.29 is 17.0 Å². The number of piperidine rings is 2. The molecule has 0 radical (unpaired) electrons. The number of piperazine rings is 1. The Morgan fingerprint density at radius 2 is 2.12 bits per heavy atom. The average Bonchev–Trinajstić information content (AvgIpc) is 3.44. The molecule has 8 rings (SSSR count). The number of fused-ring (bicyclic) bond motifs is 5. The number of anilines is 1. The van der Waals surface area contributed by atoms with E-state index < -0.39 is 24.0 Å². The van der Waals surface area contributed by atoms with E-state index in [9.17, 15) is 14.3 Å². The standard InChI is InChI=1S/C30H34FN7O3/c1-3-22-24(31)9-6-17-11-21(39)12-25(26(17)22)38-29(40)27-23(14-33-38)28(37-15-18-7-8-19(37)13-32-18)35-30(34-27)41-16-20-5-4-10-36(20)2/h6,9,11-12,14,18-20,32,39H,3-5,7-8,10,13,15-16H2,1-2H3/t18?,19?,20-/m0/s1/i16D2. The van der Waals surface area contributed by atoms with Crippen LogP contribution < -0.4 is 20.5 Å². The molecular weight excluding hydrogens is 525 g/mol. The summed E-state index contributed by atoms with van der Waals surface area (Å²) in [6.45, 7) is 1.93. The van der Waals surface area contributed by atoms with Crippen LogP contribution in [-0.4, -0.2) is 81.1 Å². The molecule has 4 aliphatic rings. The summed E-state index contributed by atoms with van der Waals surface area (Å²) in [5.74, 6) is -0.0309. The molecule has 4 aromatic rings. The Bertz CT molecular complexity index is 1790. The molecule has 0 aliphatic carbocycles. The zero-order valence-electron chi connectivity index (χ0n) is 25.1. The van der Waals surface area contributed by atoms with E-state index in [1.807, 2.05) is 18.9 Å². The van der Waals surface area contributed by atoms with Crippen molar-refractivity contribution in [2.45, 2.75) is 57.2 Å².